The quantitative estimate of drug-likeness (QED) is 0.485. The third-order valence-electron chi connectivity index (χ3n) is 1.67. The molecule has 2 heterocycles. The Hall–Kier alpha value is -1.09. The second-order valence-corrected chi connectivity index (χ2v) is 2.51. The van der Waals surface area contributed by atoms with Crippen LogP contribution in [0, 0.1) is 0 Å². The van der Waals surface area contributed by atoms with Gasteiger partial charge in [-0.1, -0.05) is 0 Å². The SMILES string of the molecule is CC1=CC2N=C[N-][NH+]2C=C1. The van der Waals surface area contributed by atoms with Gasteiger partial charge in [0.2, 0.25) is 0 Å². The Kier molecular flexibility index (Phi) is 1.11. The Morgan fingerprint density at radius 3 is 3.50 bits per heavy atom. The van der Waals surface area contributed by atoms with Gasteiger partial charge in [0.1, 0.15) is 12.4 Å². The molecular weight excluding hydrogens is 126 g/mol. The molecule has 0 aromatic heterocycles. The normalized spacial score (nSPS) is 35.1. The summed E-state index contributed by atoms with van der Waals surface area (Å²) < 4.78 is 0. The molecule has 1 N–H and O–H groups in total. The van der Waals surface area contributed by atoms with E-state index >= 15 is 0 Å². The summed E-state index contributed by atoms with van der Waals surface area (Å²) in [5.74, 6) is 0. The van der Waals surface area contributed by atoms with Crippen LogP contribution in [0.5, 0.6) is 0 Å². The van der Waals surface area contributed by atoms with Crippen LogP contribution in [0.25, 0.3) is 5.43 Å². The van der Waals surface area contributed by atoms with E-state index < -0.39 is 0 Å². The third kappa shape index (κ3) is 0.752. The van der Waals surface area contributed by atoms with Crippen LogP contribution < -0.4 is 5.01 Å². The zero-order valence-corrected chi connectivity index (χ0v) is 5.78. The molecule has 2 aliphatic rings. The van der Waals surface area contributed by atoms with Crippen molar-refractivity contribution < 1.29 is 5.01 Å². The lowest BCUT2D eigenvalue weighted by molar-refractivity contribution is -0.816. The molecule has 0 radical (unpaired) electrons. The number of allylic oxidation sites excluding steroid dienone is 2. The van der Waals surface area contributed by atoms with Crippen molar-refractivity contribution in [3.8, 4) is 0 Å². The number of hydrogen-bond acceptors (Lipinski definition) is 1. The van der Waals surface area contributed by atoms with Crippen LogP contribution in [0.2, 0.25) is 0 Å². The molecule has 0 bridgehead atoms. The number of quaternary nitrogens is 1. The molecule has 2 atom stereocenters. The highest BCUT2D eigenvalue weighted by Crippen LogP contribution is 2.03. The van der Waals surface area contributed by atoms with Crippen molar-refractivity contribution >= 4 is 6.34 Å². The van der Waals surface area contributed by atoms with Crippen molar-refractivity contribution in [3.05, 3.63) is 29.4 Å². The van der Waals surface area contributed by atoms with Crippen molar-refractivity contribution in [1.82, 2.24) is 0 Å². The summed E-state index contributed by atoms with van der Waals surface area (Å²) in [4.78, 5) is 4.15. The molecule has 0 spiro atoms. The van der Waals surface area contributed by atoms with Gasteiger partial charge in [0, 0.05) is 0 Å². The average molecular weight is 135 g/mol. The lowest BCUT2D eigenvalue weighted by Crippen LogP contribution is -3.05. The van der Waals surface area contributed by atoms with E-state index in [4.69, 9.17) is 0 Å². The number of nitrogens with one attached hydrogen (secondary N) is 1. The summed E-state index contributed by atoms with van der Waals surface area (Å²) in [6, 6.07) is 0. The van der Waals surface area contributed by atoms with Gasteiger partial charge in [-0.25, -0.2) is 0 Å². The molecule has 2 unspecified atom stereocenters. The van der Waals surface area contributed by atoms with E-state index in [0.717, 1.165) is 5.01 Å². The van der Waals surface area contributed by atoms with Gasteiger partial charge in [0.05, 0.1) is 0 Å². The molecule has 2 rings (SSSR count). The van der Waals surface area contributed by atoms with E-state index in [1.54, 1.807) is 6.34 Å². The molecule has 3 nitrogen and oxygen atoms in total. The molecule has 2 aliphatic heterocycles. The van der Waals surface area contributed by atoms with Gasteiger partial charge < -0.3 is 4.99 Å². The molecule has 0 aromatic rings. The van der Waals surface area contributed by atoms with E-state index in [1.807, 2.05) is 6.20 Å². The molecule has 0 saturated carbocycles. The van der Waals surface area contributed by atoms with E-state index in [9.17, 15) is 0 Å². The Balaban J connectivity index is 2.26. The molecule has 0 aromatic carbocycles. The first-order valence-corrected chi connectivity index (χ1v) is 3.32. The largest absolute Gasteiger partial charge is 0.411 e. The predicted molar refractivity (Wildman–Crippen MR) is 39.5 cm³/mol. The minimum atomic E-state index is 0.213. The van der Waals surface area contributed by atoms with E-state index in [0.29, 0.717) is 0 Å². The van der Waals surface area contributed by atoms with Crippen molar-refractivity contribution in [2.24, 2.45) is 4.99 Å². The minimum Gasteiger partial charge on any atom is -0.411 e. The lowest BCUT2D eigenvalue weighted by atomic mass is 10.2. The summed E-state index contributed by atoms with van der Waals surface area (Å²) in [6.07, 6.45) is 8.03. The van der Waals surface area contributed by atoms with Crippen molar-refractivity contribution in [1.29, 1.82) is 0 Å². The monoisotopic (exact) mass is 135 g/mol. The molecule has 3 heteroatoms. The zero-order chi connectivity index (χ0) is 6.97. The molecule has 0 amide bonds. The van der Waals surface area contributed by atoms with Crippen LogP contribution in [0.1, 0.15) is 6.92 Å². The van der Waals surface area contributed by atoms with Crippen LogP contribution >= 0.6 is 0 Å². The van der Waals surface area contributed by atoms with Crippen molar-refractivity contribution in [2.45, 2.75) is 13.1 Å². The zero-order valence-electron chi connectivity index (χ0n) is 5.78. The molecule has 0 fully saturated rings. The maximum atomic E-state index is 4.15. The van der Waals surface area contributed by atoms with Gasteiger partial charge in [-0.05, 0) is 31.0 Å². The number of hydrogen-bond donors (Lipinski definition) is 1. The van der Waals surface area contributed by atoms with Gasteiger partial charge in [-0.3, -0.25) is 10.4 Å². The summed E-state index contributed by atoms with van der Waals surface area (Å²) >= 11 is 0. The first-order chi connectivity index (χ1) is 4.86. The summed E-state index contributed by atoms with van der Waals surface area (Å²) in [5.41, 5.74) is 5.35. The van der Waals surface area contributed by atoms with Gasteiger partial charge in [0.15, 0.2) is 0 Å². The van der Waals surface area contributed by atoms with Gasteiger partial charge in [-0.15, -0.1) is 0 Å². The highest BCUT2D eigenvalue weighted by Gasteiger charge is 2.15. The molecule has 10 heavy (non-hydrogen) atoms. The average Bonchev–Trinajstić information content (AvgIpc) is 2.33. The first-order valence-electron chi connectivity index (χ1n) is 3.32. The Morgan fingerprint density at radius 1 is 1.70 bits per heavy atom. The minimum absolute atomic E-state index is 0.213. The summed E-state index contributed by atoms with van der Waals surface area (Å²) in [6.45, 7) is 2.07. The van der Waals surface area contributed by atoms with Crippen LogP contribution in [0.15, 0.2) is 28.9 Å². The standard InChI is InChI=1S/C7H9N3/c1-6-2-3-10-7(4-6)8-5-9-10/h2-5,7,10H,1H3. The number of nitrogens with zero attached hydrogens (tertiary/aromatic N) is 2. The maximum Gasteiger partial charge on any atom is 0.133 e. The Morgan fingerprint density at radius 2 is 2.60 bits per heavy atom. The van der Waals surface area contributed by atoms with Crippen LogP contribution in [0.4, 0.5) is 0 Å². The maximum absolute atomic E-state index is 4.15. The number of fused-ring (bicyclic) bond motifs is 1. The van der Waals surface area contributed by atoms with E-state index in [-0.39, 0.29) is 6.17 Å². The van der Waals surface area contributed by atoms with Gasteiger partial charge >= 0.3 is 0 Å². The summed E-state index contributed by atoms with van der Waals surface area (Å²) in [5, 5.41) is 1.06. The highest BCUT2D eigenvalue weighted by molar-refractivity contribution is 5.68. The summed E-state index contributed by atoms with van der Waals surface area (Å²) in [7, 11) is 0. The Labute approximate surface area is 59.7 Å². The van der Waals surface area contributed by atoms with E-state index in [1.165, 1.54) is 5.57 Å². The molecule has 0 aliphatic carbocycles. The highest BCUT2D eigenvalue weighted by atomic mass is 15.6. The fraction of sp³-hybridized carbons (Fsp3) is 0.286. The smallest absolute Gasteiger partial charge is 0.133 e. The molecule has 52 valence electrons. The van der Waals surface area contributed by atoms with Crippen LogP contribution in [0.3, 0.4) is 0 Å². The van der Waals surface area contributed by atoms with Gasteiger partial charge in [0.25, 0.3) is 0 Å². The first kappa shape index (κ1) is 5.68. The predicted octanol–water partition coefficient (Wildman–Crippen LogP) is 0.00160. The van der Waals surface area contributed by atoms with Crippen LogP contribution in [-0.4, -0.2) is 12.5 Å². The van der Waals surface area contributed by atoms with Gasteiger partial charge in [-0.2, -0.15) is 0 Å². The molecule has 0 saturated heterocycles. The topological polar surface area (TPSA) is 30.9 Å². The Bertz CT molecular complexity index is 227. The van der Waals surface area contributed by atoms with Crippen molar-refractivity contribution in [2.75, 3.05) is 0 Å². The number of aliphatic imine (C=N–C) groups is 1. The fourth-order valence-electron chi connectivity index (χ4n) is 1.12. The number of rotatable bonds is 0. The fourth-order valence-corrected chi connectivity index (χ4v) is 1.12. The van der Waals surface area contributed by atoms with E-state index in [2.05, 4.69) is 29.5 Å². The lowest BCUT2D eigenvalue weighted by Gasteiger charge is -2.21. The second kappa shape index (κ2) is 1.95. The second-order valence-electron chi connectivity index (χ2n) is 2.51. The molecular formula is C7H9N3. The van der Waals surface area contributed by atoms with Crippen molar-refractivity contribution in [3.63, 3.8) is 0 Å². The third-order valence-corrected chi connectivity index (χ3v) is 1.67. The van der Waals surface area contributed by atoms with Crippen LogP contribution in [-0.2, 0) is 0 Å².